The molecule has 1 aromatic carbocycles. The van der Waals surface area contributed by atoms with Gasteiger partial charge in [0.05, 0.1) is 6.10 Å². The number of likely N-dealkylation sites (tertiary alicyclic amines) is 2. The normalized spacial score (nSPS) is 33.5. The largest absolute Gasteiger partial charge is 0.393 e. The first kappa shape index (κ1) is 17.3. The van der Waals surface area contributed by atoms with E-state index < -0.39 is 0 Å². The first-order valence-corrected chi connectivity index (χ1v) is 9.95. The Morgan fingerprint density at radius 1 is 1.08 bits per heavy atom. The van der Waals surface area contributed by atoms with Crippen LogP contribution in [-0.2, 0) is 11.3 Å². The summed E-state index contributed by atoms with van der Waals surface area (Å²) in [5, 5.41) is 10.5. The lowest BCUT2D eigenvalue weighted by atomic mass is 9.91. The Labute approximate surface area is 154 Å². The Bertz CT molecular complexity index is 627. The van der Waals surface area contributed by atoms with Gasteiger partial charge in [0.1, 0.15) is 5.54 Å². The Hall–Kier alpha value is -1.10. The minimum atomic E-state index is -0.296. The van der Waals surface area contributed by atoms with E-state index in [4.69, 9.17) is 11.6 Å². The fourth-order valence-electron chi connectivity index (χ4n) is 5.00. The quantitative estimate of drug-likeness (QED) is 0.897. The number of benzene rings is 1. The van der Waals surface area contributed by atoms with E-state index in [1.807, 2.05) is 12.1 Å². The standard InChI is InChI=1S/C20H27ClN2O2/c21-16-4-2-15(3-5-16)14-22-12-1-10-20(22)11-13-23(19(20)25)17-6-8-18(24)9-7-17/h2-5,17-18,24H,1,6-14H2. The van der Waals surface area contributed by atoms with Gasteiger partial charge in [-0.05, 0) is 69.2 Å². The molecule has 2 saturated heterocycles. The summed E-state index contributed by atoms with van der Waals surface area (Å²) >= 11 is 6.00. The number of hydrogen-bond acceptors (Lipinski definition) is 3. The van der Waals surface area contributed by atoms with E-state index >= 15 is 0 Å². The van der Waals surface area contributed by atoms with E-state index in [-0.39, 0.29) is 11.6 Å². The summed E-state index contributed by atoms with van der Waals surface area (Å²) in [6.07, 6.45) is 6.39. The molecule has 1 amide bonds. The van der Waals surface area contributed by atoms with Gasteiger partial charge in [0.2, 0.25) is 5.91 Å². The van der Waals surface area contributed by atoms with Crippen molar-refractivity contribution in [1.82, 2.24) is 9.80 Å². The maximum absolute atomic E-state index is 13.4. The zero-order valence-electron chi connectivity index (χ0n) is 14.7. The SMILES string of the molecule is O=C1N(C2CCC(O)CC2)CCC12CCCN2Cc1ccc(Cl)cc1. The van der Waals surface area contributed by atoms with Gasteiger partial charge in [0.15, 0.2) is 0 Å². The maximum atomic E-state index is 13.4. The number of carbonyl (C=O) groups excluding carboxylic acids is 1. The molecule has 4 rings (SSSR count). The molecule has 3 fully saturated rings. The van der Waals surface area contributed by atoms with E-state index in [0.717, 1.165) is 69.6 Å². The zero-order valence-corrected chi connectivity index (χ0v) is 15.4. The number of nitrogens with zero attached hydrogens (tertiary/aromatic N) is 2. The van der Waals surface area contributed by atoms with Crippen molar-refractivity contribution in [2.45, 2.75) is 69.2 Å². The van der Waals surface area contributed by atoms with Gasteiger partial charge in [0, 0.05) is 24.2 Å². The molecule has 0 bridgehead atoms. The Kier molecular flexibility index (Phi) is 4.78. The maximum Gasteiger partial charge on any atom is 0.243 e. The highest BCUT2D eigenvalue weighted by Gasteiger charge is 2.54. The van der Waals surface area contributed by atoms with Crippen LogP contribution in [0.2, 0.25) is 5.02 Å². The van der Waals surface area contributed by atoms with Crippen molar-refractivity contribution in [2.75, 3.05) is 13.1 Å². The Morgan fingerprint density at radius 3 is 2.52 bits per heavy atom. The van der Waals surface area contributed by atoms with Gasteiger partial charge in [-0.3, -0.25) is 9.69 Å². The van der Waals surface area contributed by atoms with Crippen molar-refractivity contribution < 1.29 is 9.90 Å². The highest BCUT2D eigenvalue weighted by molar-refractivity contribution is 6.30. The topological polar surface area (TPSA) is 43.8 Å². The van der Waals surface area contributed by atoms with E-state index in [0.29, 0.717) is 11.9 Å². The van der Waals surface area contributed by atoms with Crippen molar-refractivity contribution in [2.24, 2.45) is 0 Å². The highest BCUT2D eigenvalue weighted by atomic mass is 35.5. The molecule has 136 valence electrons. The van der Waals surface area contributed by atoms with Gasteiger partial charge in [-0.1, -0.05) is 23.7 Å². The molecule has 4 nitrogen and oxygen atoms in total. The molecule has 1 aliphatic carbocycles. The molecule has 1 aromatic rings. The minimum Gasteiger partial charge on any atom is -0.393 e. The number of hydrogen-bond donors (Lipinski definition) is 1. The molecule has 3 aliphatic rings. The highest BCUT2D eigenvalue weighted by Crippen LogP contribution is 2.41. The van der Waals surface area contributed by atoms with Gasteiger partial charge in [-0.25, -0.2) is 0 Å². The molecule has 1 atom stereocenters. The summed E-state index contributed by atoms with van der Waals surface area (Å²) in [6, 6.07) is 8.31. The number of halogens is 1. The van der Waals surface area contributed by atoms with Crippen LogP contribution in [0.5, 0.6) is 0 Å². The molecular weight excluding hydrogens is 336 g/mol. The van der Waals surface area contributed by atoms with Crippen molar-refractivity contribution >= 4 is 17.5 Å². The second-order valence-electron chi connectivity index (χ2n) is 7.89. The first-order valence-electron chi connectivity index (χ1n) is 9.57. The third-order valence-electron chi connectivity index (χ3n) is 6.44. The molecule has 1 spiro atoms. The fourth-order valence-corrected chi connectivity index (χ4v) is 5.13. The van der Waals surface area contributed by atoms with Gasteiger partial charge >= 0.3 is 0 Å². The van der Waals surface area contributed by atoms with Crippen LogP contribution in [0.15, 0.2) is 24.3 Å². The van der Waals surface area contributed by atoms with Gasteiger partial charge in [-0.15, -0.1) is 0 Å². The molecule has 5 heteroatoms. The van der Waals surface area contributed by atoms with Crippen LogP contribution in [0.1, 0.15) is 50.5 Å². The molecule has 2 aliphatic heterocycles. The fraction of sp³-hybridized carbons (Fsp3) is 0.650. The average molecular weight is 363 g/mol. The summed E-state index contributed by atoms with van der Waals surface area (Å²) in [6.45, 7) is 2.68. The van der Waals surface area contributed by atoms with Gasteiger partial charge in [-0.2, -0.15) is 0 Å². The summed E-state index contributed by atoms with van der Waals surface area (Å²) in [7, 11) is 0. The van der Waals surface area contributed by atoms with E-state index in [2.05, 4.69) is 21.9 Å². The van der Waals surface area contributed by atoms with Crippen LogP contribution >= 0.6 is 11.6 Å². The summed E-state index contributed by atoms with van der Waals surface area (Å²) < 4.78 is 0. The monoisotopic (exact) mass is 362 g/mol. The second-order valence-corrected chi connectivity index (χ2v) is 8.33. The van der Waals surface area contributed by atoms with Crippen molar-refractivity contribution in [1.29, 1.82) is 0 Å². The molecule has 0 aromatic heterocycles. The predicted molar refractivity (Wildman–Crippen MR) is 98.4 cm³/mol. The molecule has 0 radical (unpaired) electrons. The number of aliphatic hydroxyl groups is 1. The summed E-state index contributed by atoms with van der Waals surface area (Å²) in [5.41, 5.74) is 0.924. The Balaban J connectivity index is 1.48. The number of carbonyl (C=O) groups is 1. The third-order valence-corrected chi connectivity index (χ3v) is 6.69. The molecule has 1 saturated carbocycles. The van der Waals surface area contributed by atoms with Crippen LogP contribution in [0, 0.1) is 0 Å². The van der Waals surface area contributed by atoms with Crippen LogP contribution in [0.25, 0.3) is 0 Å². The smallest absolute Gasteiger partial charge is 0.243 e. The zero-order chi connectivity index (χ0) is 17.4. The number of amides is 1. The van der Waals surface area contributed by atoms with Crippen molar-refractivity contribution in [3.63, 3.8) is 0 Å². The third kappa shape index (κ3) is 3.20. The Morgan fingerprint density at radius 2 is 1.80 bits per heavy atom. The lowest BCUT2D eigenvalue weighted by Gasteiger charge is -2.37. The lowest BCUT2D eigenvalue weighted by Crippen LogP contribution is -2.52. The van der Waals surface area contributed by atoms with Crippen molar-refractivity contribution in [3.05, 3.63) is 34.9 Å². The van der Waals surface area contributed by atoms with Crippen molar-refractivity contribution in [3.8, 4) is 0 Å². The number of aliphatic hydroxyl groups excluding tert-OH is 1. The van der Waals surface area contributed by atoms with Gasteiger partial charge < -0.3 is 10.0 Å². The molecule has 1 N–H and O–H groups in total. The summed E-state index contributed by atoms with van der Waals surface area (Å²) in [4.78, 5) is 17.9. The van der Waals surface area contributed by atoms with Crippen LogP contribution < -0.4 is 0 Å². The lowest BCUT2D eigenvalue weighted by molar-refractivity contribution is -0.139. The molecular formula is C20H27ClN2O2. The van der Waals surface area contributed by atoms with E-state index in [9.17, 15) is 9.90 Å². The number of rotatable bonds is 3. The van der Waals surface area contributed by atoms with Crippen LogP contribution in [0.4, 0.5) is 0 Å². The minimum absolute atomic E-state index is 0.171. The van der Waals surface area contributed by atoms with Crippen LogP contribution in [-0.4, -0.2) is 51.6 Å². The summed E-state index contributed by atoms with van der Waals surface area (Å²) in [5.74, 6) is 0.334. The van der Waals surface area contributed by atoms with Crippen LogP contribution in [0.3, 0.4) is 0 Å². The average Bonchev–Trinajstić information content (AvgIpc) is 3.16. The second kappa shape index (κ2) is 6.90. The van der Waals surface area contributed by atoms with E-state index in [1.54, 1.807) is 0 Å². The molecule has 1 unspecified atom stereocenters. The van der Waals surface area contributed by atoms with Gasteiger partial charge in [0.25, 0.3) is 0 Å². The van der Waals surface area contributed by atoms with E-state index in [1.165, 1.54) is 5.56 Å². The first-order chi connectivity index (χ1) is 12.1. The molecule has 2 heterocycles. The molecule has 25 heavy (non-hydrogen) atoms. The predicted octanol–water partition coefficient (Wildman–Crippen LogP) is 3.21.